The fraction of sp³-hybridized carbons (Fsp3) is 0.474. The normalized spacial score (nSPS) is 11.4. The van der Waals surface area contributed by atoms with Gasteiger partial charge < -0.3 is 5.32 Å². The lowest BCUT2D eigenvalue weighted by molar-refractivity contribution is -0.120. The Bertz CT molecular complexity index is 867. The molecule has 2 rings (SSSR count). The van der Waals surface area contributed by atoms with Crippen LogP contribution in [-0.2, 0) is 37.6 Å². The van der Waals surface area contributed by atoms with Crippen LogP contribution in [0, 0.1) is 29.2 Å². The molecule has 0 atom stereocenters. The van der Waals surface area contributed by atoms with Crippen molar-refractivity contribution in [1.82, 2.24) is 15.1 Å². The standard InChI is InChI=1S/C19H22ClF4N3O/c1-5-12-15(20)13(27(4)26-12)7-14(28)25-8-11-18(23)16(21)10(6-9(2)3)17(22)19(11)24/h9H,5-8H2,1-4H3,(H,25,28). The molecule has 0 fully saturated rings. The number of halogens is 5. The molecule has 154 valence electrons. The summed E-state index contributed by atoms with van der Waals surface area (Å²) in [5.74, 6) is -6.66. The van der Waals surface area contributed by atoms with E-state index in [2.05, 4.69) is 10.4 Å². The van der Waals surface area contributed by atoms with E-state index in [0.717, 1.165) is 0 Å². The van der Waals surface area contributed by atoms with Gasteiger partial charge in [0.25, 0.3) is 0 Å². The summed E-state index contributed by atoms with van der Waals surface area (Å²) in [4.78, 5) is 12.1. The summed E-state index contributed by atoms with van der Waals surface area (Å²) in [6, 6.07) is 0. The SMILES string of the molecule is CCc1nn(C)c(CC(=O)NCc2c(F)c(F)c(CC(C)C)c(F)c2F)c1Cl. The minimum Gasteiger partial charge on any atom is -0.351 e. The van der Waals surface area contributed by atoms with Gasteiger partial charge in [0, 0.05) is 24.7 Å². The van der Waals surface area contributed by atoms with Crippen LogP contribution in [0.4, 0.5) is 17.6 Å². The van der Waals surface area contributed by atoms with Crippen LogP contribution in [0.2, 0.25) is 5.02 Å². The number of aromatic nitrogens is 2. The van der Waals surface area contributed by atoms with Crippen LogP contribution in [0.25, 0.3) is 0 Å². The van der Waals surface area contributed by atoms with Gasteiger partial charge in [-0.2, -0.15) is 5.10 Å². The van der Waals surface area contributed by atoms with Crippen molar-refractivity contribution < 1.29 is 22.4 Å². The smallest absolute Gasteiger partial charge is 0.226 e. The van der Waals surface area contributed by atoms with Crippen molar-refractivity contribution in [3.05, 3.63) is 50.8 Å². The van der Waals surface area contributed by atoms with Gasteiger partial charge in [0.15, 0.2) is 23.3 Å². The van der Waals surface area contributed by atoms with Gasteiger partial charge in [-0.25, -0.2) is 17.6 Å². The van der Waals surface area contributed by atoms with E-state index in [9.17, 15) is 22.4 Å². The summed E-state index contributed by atoms with van der Waals surface area (Å²) in [7, 11) is 1.62. The van der Waals surface area contributed by atoms with Gasteiger partial charge in [-0.15, -0.1) is 0 Å². The predicted molar refractivity (Wildman–Crippen MR) is 98.0 cm³/mol. The number of carbonyl (C=O) groups is 1. The molecule has 4 nitrogen and oxygen atoms in total. The fourth-order valence-electron chi connectivity index (χ4n) is 2.88. The molecule has 1 aromatic heterocycles. The van der Waals surface area contributed by atoms with E-state index < -0.39 is 46.8 Å². The average Bonchev–Trinajstić information content (AvgIpc) is 2.91. The Morgan fingerprint density at radius 1 is 1.11 bits per heavy atom. The molecule has 1 N–H and O–H groups in total. The Kier molecular flexibility index (Phi) is 7.09. The van der Waals surface area contributed by atoms with Gasteiger partial charge in [-0.3, -0.25) is 9.48 Å². The second-order valence-corrected chi connectivity index (χ2v) is 7.33. The Hall–Kier alpha value is -2.09. The molecular weight excluding hydrogens is 398 g/mol. The molecule has 1 aromatic carbocycles. The Morgan fingerprint density at radius 3 is 2.11 bits per heavy atom. The van der Waals surface area contributed by atoms with Crippen LogP contribution in [0.5, 0.6) is 0 Å². The highest BCUT2D eigenvalue weighted by Crippen LogP contribution is 2.26. The predicted octanol–water partition coefficient (Wildman–Crippen LogP) is 4.25. The molecule has 0 unspecified atom stereocenters. The second-order valence-electron chi connectivity index (χ2n) is 6.95. The minimum absolute atomic E-state index is 0.142. The largest absolute Gasteiger partial charge is 0.351 e. The number of benzene rings is 1. The van der Waals surface area contributed by atoms with Crippen LogP contribution in [-0.4, -0.2) is 15.7 Å². The quantitative estimate of drug-likeness (QED) is 0.538. The van der Waals surface area contributed by atoms with Gasteiger partial charge in [0.05, 0.1) is 22.8 Å². The number of amides is 1. The van der Waals surface area contributed by atoms with Crippen molar-refractivity contribution in [2.75, 3.05) is 0 Å². The van der Waals surface area contributed by atoms with Gasteiger partial charge in [-0.05, 0) is 18.8 Å². The van der Waals surface area contributed by atoms with Gasteiger partial charge >= 0.3 is 0 Å². The molecule has 0 bridgehead atoms. The van der Waals surface area contributed by atoms with Crippen LogP contribution in [0.15, 0.2) is 0 Å². The maximum atomic E-state index is 14.2. The molecule has 0 saturated carbocycles. The van der Waals surface area contributed by atoms with Crippen molar-refractivity contribution in [2.24, 2.45) is 13.0 Å². The third-order valence-electron chi connectivity index (χ3n) is 4.35. The summed E-state index contributed by atoms with van der Waals surface area (Å²) in [5.41, 5.74) is -0.439. The third kappa shape index (κ3) is 4.48. The Morgan fingerprint density at radius 2 is 1.64 bits per heavy atom. The summed E-state index contributed by atoms with van der Waals surface area (Å²) in [6.45, 7) is 4.52. The first-order valence-electron chi connectivity index (χ1n) is 8.88. The highest BCUT2D eigenvalue weighted by atomic mass is 35.5. The summed E-state index contributed by atoms with van der Waals surface area (Å²) < 4.78 is 58.2. The average molecular weight is 420 g/mol. The molecule has 0 aliphatic rings. The maximum Gasteiger partial charge on any atom is 0.226 e. The molecule has 0 saturated heterocycles. The Balaban J connectivity index is 2.18. The highest BCUT2D eigenvalue weighted by molar-refractivity contribution is 6.32. The second kappa shape index (κ2) is 8.94. The van der Waals surface area contributed by atoms with E-state index in [1.54, 1.807) is 20.9 Å². The van der Waals surface area contributed by atoms with E-state index in [0.29, 0.717) is 22.8 Å². The van der Waals surface area contributed by atoms with E-state index in [4.69, 9.17) is 11.6 Å². The fourth-order valence-corrected chi connectivity index (χ4v) is 3.24. The van der Waals surface area contributed by atoms with E-state index in [1.165, 1.54) is 4.68 Å². The van der Waals surface area contributed by atoms with Crippen molar-refractivity contribution in [2.45, 2.75) is 46.6 Å². The molecular formula is C19H22ClF4N3O. The molecule has 0 radical (unpaired) electrons. The zero-order valence-electron chi connectivity index (χ0n) is 16.1. The topological polar surface area (TPSA) is 46.9 Å². The maximum absolute atomic E-state index is 14.2. The van der Waals surface area contributed by atoms with Crippen LogP contribution < -0.4 is 5.32 Å². The van der Waals surface area contributed by atoms with Crippen molar-refractivity contribution in [1.29, 1.82) is 0 Å². The van der Waals surface area contributed by atoms with Gasteiger partial charge in [0.2, 0.25) is 5.91 Å². The lowest BCUT2D eigenvalue weighted by Gasteiger charge is -2.14. The highest BCUT2D eigenvalue weighted by Gasteiger charge is 2.26. The number of nitrogens with one attached hydrogen (secondary N) is 1. The van der Waals surface area contributed by atoms with E-state index >= 15 is 0 Å². The molecule has 1 heterocycles. The molecule has 2 aromatic rings. The number of aryl methyl sites for hydroxylation is 2. The zero-order chi connectivity index (χ0) is 21.2. The number of rotatable bonds is 7. The lowest BCUT2D eigenvalue weighted by atomic mass is 9.99. The Labute approximate surface area is 165 Å². The van der Waals surface area contributed by atoms with Crippen molar-refractivity contribution >= 4 is 17.5 Å². The first-order valence-corrected chi connectivity index (χ1v) is 9.26. The minimum atomic E-state index is -1.50. The van der Waals surface area contributed by atoms with Gasteiger partial charge in [-0.1, -0.05) is 32.4 Å². The molecule has 28 heavy (non-hydrogen) atoms. The zero-order valence-corrected chi connectivity index (χ0v) is 16.9. The third-order valence-corrected chi connectivity index (χ3v) is 4.79. The lowest BCUT2D eigenvalue weighted by Crippen LogP contribution is -2.27. The van der Waals surface area contributed by atoms with Crippen LogP contribution in [0.1, 0.15) is 43.3 Å². The summed E-state index contributed by atoms with van der Waals surface area (Å²) in [6.07, 6.45) is 0.241. The van der Waals surface area contributed by atoms with Crippen LogP contribution >= 0.6 is 11.6 Å². The summed E-state index contributed by atoms with van der Waals surface area (Å²) in [5, 5.41) is 6.78. The number of nitrogens with zero attached hydrogens (tertiary/aromatic N) is 2. The monoisotopic (exact) mass is 419 g/mol. The number of carbonyl (C=O) groups excluding carboxylic acids is 1. The first-order chi connectivity index (χ1) is 13.1. The van der Waals surface area contributed by atoms with Crippen molar-refractivity contribution in [3.8, 4) is 0 Å². The first kappa shape index (κ1) is 22.2. The van der Waals surface area contributed by atoms with E-state index in [1.807, 2.05) is 6.92 Å². The van der Waals surface area contributed by atoms with Crippen molar-refractivity contribution in [3.63, 3.8) is 0 Å². The van der Waals surface area contributed by atoms with Gasteiger partial charge in [0.1, 0.15) is 0 Å². The van der Waals surface area contributed by atoms with E-state index in [-0.39, 0.29) is 18.8 Å². The summed E-state index contributed by atoms with van der Waals surface area (Å²) >= 11 is 6.16. The number of hydrogen-bond acceptors (Lipinski definition) is 2. The molecule has 0 aliphatic carbocycles. The molecule has 0 spiro atoms. The molecule has 0 aliphatic heterocycles. The molecule has 9 heteroatoms. The number of hydrogen-bond donors (Lipinski definition) is 1. The molecule has 1 amide bonds. The van der Waals surface area contributed by atoms with Crippen LogP contribution in [0.3, 0.4) is 0 Å².